The number of hydrogen-bond acceptors (Lipinski definition) is 2. The molecular formula is C9H17F2NO. The Morgan fingerprint density at radius 1 is 1.23 bits per heavy atom. The maximum Gasteiger partial charge on any atom is 0.253 e. The van der Waals surface area contributed by atoms with E-state index >= 15 is 0 Å². The zero-order valence-electron chi connectivity index (χ0n) is 7.84. The van der Waals surface area contributed by atoms with E-state index in [0.29, 0.717) is 0 Å². The molecule has 0 spiro atoms. The van der Waals surface area contributed by atoms with Gasteiger partial charge in [-0.3, -0.25) is 0 Å². The third kappa shape index (κ3) is 3.56. The number of aliphatic hydroxyl groups excluding tert-OH is 1. The summed E-state index contributed by atoms with van der Waals surface area (Å²) >= 11 is 0. The van der Waals surface area contributed by atoms with Gasteiger partial charge in [-0.1, -0.05) is 0 Å². The SMILES string of the molecule is CC(NC1CCC(O)CC1)C(F)F. The molecule has 0 aliphatic heterocycles. The van der Waals surface area contributed by atoms with Gasteiger partial charge in [0.05, 0.1) is 12.1 Å². The Morgan fingerprint density at radius 2 is 1.77 bits per heavy atom. The molecule has 78 valence electrons. The Hall–Kier alpha value is -0.220. The maximum absolute atomic E-state index is 12.1. The summed E-state index contributed by atoms with van der Waals surface area (Å²) < 4.78 is 24.3. The monoisotopic (exact) mass is 193 g/mol. The highest BCUT2D eigenvalue weighted by Gasteiger charge is 2.23. The highest BCUT2D eigenvalue weighted by atomic mass is 19.3. The van der Waals surface area contributed by atoms with Crippen molar-refractivity contribution in [3.8, 4) is 0 Å². The summed E-state index contributed by atoms with van der Waals surface area (Å²) in [5.74, 6) is 0. The number of hydrogen-bond donors (Lipinski definition) is 2. The number of aliphatic hydroxyl groups is 1. The molecule has 1 rings (SSSR count). The maximum atomic E-state index is 12.1. The van der Waals surface area contributed by atoms with Crippen LogP contribution in [0.5, 0.6) is 0 Å². The van der Waals surface area contributed by atoms with Gasteiger partial charge in [-0.2, -0.15) is 0 Å². The van der Waals surface area contributed by atoms with Crippen molar-refractivity contribution in [3.63, 3.8) is 0 Å². The second-order valence-electron chi connectivity index (χ2n) is 3.80. The van der Waals surface area contributed by atoms with Crippen LogP contribution in [0.25, 0.3) is 0 Å². The van der Waals surface area contributed by atoms with Crippen LogP contribution in [0, 0.1) is 0 Å². The van der Waals surface area contributed by atoms with Crippen LogP contribution in [-0.4, -0.2) is 29.7 Å². The van der Waals surface area contributed by atoms with Gasteiger partial charge >= 0.3 is 0 Å². The van der Waals surface area contributed by atoms with Crippen LogP contribution in [0.15, 0.2) is 0 Å². The van der Waals surface area contributed by atoms with Crippen LogP contribution in [-0.2, 0) is 0 Å². The summed E-state index contributed by atoms with van der Waals surface area (Å²) in [5.41, 5.74) is 0. The van der Waals surface area contributed by atoms with Gasteiger partial charge in [-0.05, 0) is 32.6 Å². The van der Waals surface area contributed by atoms with Crippen molar-refractivity contribution in [1.29, 1.82) is 0 Å². The topological polar surface area (TPSA) is 32.3 Å². The Morgan fingerprint density at radius 3 is 2.23 bits per heavy atom. The van der Waals surface area contributed by atoms with Crippen molar-refractivity contribution in [1.82, 2.24) is 5.32 Å². The van der Waals surface area contributed by atoms with Gasteiger partial charge in [0.1, 0.15) is 0 Å². The first-order valence-corrected chi connectivity index (χ1v) is 4.82. The van der Waals surface area contributed by atoms with Crippen LogP contribution >= 0.6 is 0 Å². The van der Waals surface area contributed by atoms with E-state index in [1.807, 2.05) is 0 Å². The lowest BCUT2D eigenvalue weighted by Crippen LogP contribution is -2.43. The zero-order valence-corrected chi connectivity index (χ0v) is 7.84. The lowest BCUT2D eigenvalue weighted by molar-refractivity contribution is 0.0800. The molecule has 4 heteroatoms. The zero-order chi connectivity index (χ0) is 9.84. The molecule has 2 nitrogen and oxygen atoms in total. The molecule has 1 saturated carbocycles. The van der Waals surface area contributed by atoms with Crippen molar-refractivity contribution in [2.45, 2.75) is 57.2 Å². The summed E-state index contributed by atoms with van der Waals surface area (Å²) in [6.07, 6.45) is 0.546. The fourth-order valence-electron chi connectivity index (χ4n) is 1.69. The van der Waals surface area contributed by atoms with Gasteiger partial charge in [-0.25, -0.2) is 8.78 Å². The Labute approximate surface area is 77.3 Å². The number of rotatable bonds is 3. The molecule has 1 aliphatic rings. The molecule has 1 fully saturated rings. The predicted molar refractivity (Wildman–Crippen MR) is 46.9 cm³/mol. The third-order valence-corrected chi connectivity index (χ3v) is 2.57. The molecule has 0 aromatic rings. The first-order valence-electron chi connectivity index (χ1n) is 4.82. The minimum atomic E-state index is -2.30. The molecule has 13 heavy (non-hydrogen) atoms. The molecule has 0 aromatic carbocycles. The van der Waals surface area contributed by atoms with Crippen molar-refractivity contribution in [2.75, 3.05) is 0 Å². The standard InChI is InChI=1S/C9H17F2NO/c1-6(9(10)11)12-7-2-4-8(13)5-3-7/h6-9,12-13H,2-5H2,1H3. The smallest absolute Gasteiger partial charge is 0.253 e. The number of alkyl halides is 2. The Balaban J connectivity index is 2.22. The fourth-order valence-corrected chi connectivity index (χ4v) is 1.69. The van der Waals surface area contributed by atoms with Crippen molar-refractivity contribution < 1.29 is 13.9 Å². The minimum absolute atomic E-state index is 0.160. The van der Waals surface area contributed by atoms with Gasteiger partial charge in [0, 0.05) is 6.04 Å². The van der Waals surface area contributed by atoms with Gasteiger partial charge in [0.25, 0.3) is 6.43 Å². The van der Waals surface area contributed by atoms with Crippen LogP contribution < -0.4 is 5.32 Å². The second-order valence-corrected chi connectivity index (χ2v) is 3.80. The second kappa shape index (κ2) is 4.86. The van der Waals surface area contributed by atoms with Gasteiger partial charge in [0.2, 0.25) is 0 Å². The van der Waals surface area contributed by atoms with E-state index in [2.05, 4.69) is 5.32 Å². The summed E-state index contributed by atoms with van der Waals surface area (Å²) in [7, 11) is 0. The number of nitrogens with one attached hydrogen (secondary N) is 1. The summed E-state index contributed by atoms with van der Waals surface area (Å²) in [6.45, 7) is 1.50. The molecule has 0 radical (unpaired) electrons. The predicted octanol–water partition coefficient (Wildman–Crippen LogP) is 1.53. The van der Waals surface area contributed by atoms with Gasteiger partial charge < -0.3 is 10.4 Å². The first kappa shape index (κ1) is 10.9. The molecule has 0 amide bonds. The first-order chi connectivity index (χ1) is 6.09. The van der Waals surface area contributed by atoms with Crippen molar-refractivity contribution in [2.24, 2.45) is 0 Å². The lowest BCUT2D eigenvalue weighted by atomic mass is 9.93. The lowest BCUT2D eigenvalue weighted by Gasteiger charge is -2.28. The molecule has 0 aromatic heterocycles. The molecule has 1 aliphatic carbocycles. The normalized spacial score (nSPS) is 32.1. The molecule has 0 bridgehead atoms. The Bertz CT molecular complexity index is 147. The fraction of sp³-hybridized carbons (Fsp3) is 1.00. The molecule has 1 unspecified atom stereocenters. The van der Waals surface area contributed by atoms with Crippen LogP contribution in [0.2, 0.25) is 0 Å². The average molecular weight is 193 g/mol. The van der Waals surface area contributed by atoms with Crippen molar-refractivity contribution >= 4 is 0 Å². The van der Waals surface area contributed by atoms with Crippen LogP contribution in [0.4, 0.5) is 8.78 Å². The van der Waals surface area contributed by atoms with E-state index in [1.165, 1.54) is 6.92 Å². The largest absolute Gasteiger partial charge is 0.393 e. The van der Waals surface area contributed by atoms with E-state index in [1.54, 1.807) is 0 Å². The summed E-state index contributed by atoms with van der Waals surface area (Å²) in [5, 5.41) is 12.1. The highest BCUT2D eigenvalue weighted by molar-refractivity contribution is 4.79. The average Bonchev–Trinajstić information content (AvgIpc) is 2.08. The van der Waals surface area contributed by atoms with Gasteiger partial charge in [0.15, 0.2) is 0 Å². The van der Waals surface area contributed by atoms with Crippen molar-refractivity contribution in [3.05, 3.63) is 0 Å². The highest BCUT2D eigenvalue weighted by Crippen LogP contribution is 2.19. The Kier molecular flexibility index (Phi) is 4.06. The molecule has 0 heterocycles. The van der Waals surface area contributed by atoms with E-state index in [4.69, 9.17) is 0 Å². The van der Waals surface area contributed by atoms with E-state index in [9.17, 15) is 13.9 Å². The van der Waals surface area contributed by atoms with E-state index < -0.39 is 12.5 Å². The van der Waals surface area contributed by atoms with E-state index in [0.717, 1.165) is 25.7 Å². The minimum Gasteiger partial charge on any atom is -0.393 e. The number of halogens is 2. The molecule has 1 atom stereocenters. The van der Waals surface area contributed by atoms with E-state index in [-0.39, 0.29) is 12.1 Å². The molecule has 2 N–H and O–H groups in total. The summed E-state index contributed by atoms with van der Waals surface area (Å²) in [4.78, 5) is 0. The van der Waals surface area contributed by atoms with Gasteiger partial charge in [-0.15, -0.1) is 0 Å². The summed E-state index contributed by atoms with van der Waals surface area (Å²) in [6, 6.07) is -0.576. The van der Waals surface area contributed by atoms with Crippen LogP contribution in [0.1, 0.15) is 32.6 Å². The molecule has 0 saturated heterocycles. The quantitative estimate of drug-likeness (QED) is 0.712. The third-order valence-electron chi connectivity index (χ3n) is 2.57. The van der Waals surface area contributed by atoms with Crippen LogP contribution in [0.3, 0.4) is 0 Å². The molecular weight excluding hydrogens is 176 g/mol.